The zero-order valence-corrected chi connectivity index (χ0v) is 14.4. The average molecular weight is 343 g/mol. The van der Waals surface area contributed by atoms with Gasteiger partial charge in [-0.3, -0.25) is 10.1 Å². The van der Waals surface area contributed by atoms with E-state index in [0.717, 1.165) is 16.7 Å². The molecule has 1 N–H and O–H groups in total. The molecule has 26 heavy (non-hydrogen) atoms. The molecular weight excluding hydrogens is 322 g/mol. The predicted octanol–water partition coefficient (Wildman–Crippen LogP) is 4.23. The number of esters is 1. The maximum absolute atomic E-state index is 12.7. The lowest BCUT2D eigenvalue weighted by atomic mass is 9.92. The standard InChI is InChI=1S/C23H21NO2/c25-23-20(16-17-10-4-1-5-11-17)24-21(18-12-6-2-7-13-18)22(26-23)19-14-8-3-9-15-19/h1-15,20-22,24H,16H2/t20-,21-,22+/m1/s1. The zero-order chi connectivity index (χ0) is 17.8. The van der Waals surface area contributed by atoms with Crippen molar-refractivity contribution in [1.29, 1.82) is 0 Å². The predicted molar refractivity (Wildman–Crippen MR) is 102 cm³/mol. The van der Waals surface area contributed by atoms with Crippen LogP contribution in [0.3, 0.4) is 0 Å². The molecule has 1 heterocycles. The monoisotopic (exact) mass is 343 g/mol. The van der Waals surface area contributed by atoms with Crippen molar-refractivity contribution in [1.82, 2.24) is 5.32 Å². The molecule has 1 aliphatic rings. The average Bonchev–Trinajstić information content (AvgIpc) is 2.71. The Hall–Kier alpha value is -2.91. The quantitative estimate of drug-likeness (QED) is 0.721. The SMILES string of the molecule is O=C1O[C@@H](c2ccccc2)[C@@H](c2ccccc2)N[C@@H]1Cc1ccccc1. The highest BCUT2D eigenvalue weighted by Gasteiger charge is 2.38. The van der Waals surface area contributed by atoms with Gasteiger partial charge in [-0.2, -0.15) is 0 Å². The lowest BCUT2D eigenvalue weighted by Crippen LogP contribution is -2.49. The van der Waals surface area contributed by atoms with E-state index in [1.165, 1.54) is 0 Å². The van der Waals surface area contributed by atoms with E-state index in [1.54, 1.807) is 0 Å². The minimum absolute atomic E-state index is 0.0787. The highest BCUT2D eigenvalue weighted by molar-refractivity contribution is 5.77. The van der Waals surface area contributed by atoms with Crippen molar-refractivity contribution < 1.29 is 9.53 Å². The van der Waals surface area contributed by atoms with E-state index >= 15 is 0 Å². The number of hydrogen-bond acceptors (Lipinski definition) is 3. The summed E-state index contributed by atoms with van der Waals surface area (Å²) < 4.78 is 5.92. The topological polar surface area (TPSA) is 38.3 Å². The first-order chi connectivity index (χ1) is 12.8. The highest BCUT2D eigenvalue weighted by atomic mass is 16.5. The number of ether oxygens (including phenoxy) is 1. The molecule has 0 amide bonds. The fourth-order valence-corrected chi connectivity index (χ4v) is 3.47. The van der Waals surface area contributed by atoms with E-state index < -0.39 is 0 Å². The molecule has 0 bridgehead atoms. The van der Waals surface area contributed by atoms with Crippen LogP contribution in [0.1, 0.15) is 28.8 Å². The van der Waals surface area contributed by atoms with Crippen LogP contribution < -0.4 is 5.32 Å². The Labute approximate surface area is 153 Å². The van der Waals surface area contributed by atoms with Crippen LogP contribution in [-0.4, -0.2) is 12.0 Å². The summed E-state index contributed by atoms with van der Waals surface area (Å²) in [7, 11) is 0. The van der Waals surface area contributed by atoms with Crippen molar-refractivity contribution in [2.24, 2.45) is 0 Å². The maximum atomic E-state index is 12.7. The van der Waals surface area contributed by atoms with Gasteiger partial charge in [0.25, 0.3) is 0 Å². The molecular formula is C23H21NO2. The molecule has 0 aliphatic carbocycles. The van der Waals surface area contributed by atoms with Crippen LogP contribution in [0, 0.1) is 0 Å². The van der Waals surface area contributed by atoms with Gasteiger partial charge in [-0.05, 0) is 23.1 Å². The van der Waals surface area contributed by atoms with Crippen LogP contribution in [0.15, 0.2) is 91.0 Å². The molecule has 1 fully saturated rings. The van der Waals surface area contributed by atoms with Crippen LogP contribution in [0.5, 0.6) is 0 Å². The number of benzene rings is 3. The molecule has 0 aromatic heterocycles. The third kappa shape index (κ3) is 3.53. The largest absolute Gasteiger partial charge is 0.454 e. The second kappa shape index (κ2) is 7.54. The Bertz CT molecular complexity index is 849. The van der Waals surface area contributed by atoms with E-state index in [9.17, 15) is 4.79 Å². The summed E-state index contributed by atoms with van der Waals surface area (Å²) in [5, 5.41) is 3.54. The van der Waals surface area contributed by atoms with Crippen molar-refractivity contribution in [2.45, 2.75) is 24.6 Å². The Morgan fingerprint density at radius 2 is 1.27 bits per heavy atom. The first-order valence-corrected chi connectivity index (χ1v) is 8.91. The molecule has 1 saturated heterocycles. The summed E-state index contributed by atoms with van der Waals surface area (Å²) in [6.45, 7) is 0. The zero-order valence-electron chi connectivity index (χ0n) is 14.4. The van der Waals surface area contributed by atoms with Gasteiger partial charge in [-0.1, -0.05) is 91.0 Å². The van der Waals surface area contributed by atoms with Gasteiger partial charge >= 0.3 is 5.97 Å². The third-order valence-corrected chi connectivity index (χ3v) is 4.78. The van der Waals surface area contributed by atoms with Gasteiger partial charge < -0.3 is 4.74 Å². The second-order valence-corrected chi connectivity index (χ2v) is 6.57. The number of carbonyl (C=O) groups is 1. The van der Waals surface area contributed by atoms with Gasteiger partial charge in [-0.25, -0.2) is 0 Å². The lowest BCUT2D eigenvalue weighted by molar-refractivity contribution is -0.160. The lowest BCUT2D eigenvalue weighted by Gasteiger charge is -2.37. The van der Waals surface area contributed by atoms with Gasteiger partial charge in [0.15, 0.2) is 0 Å². The van der Waals surface area contributed by atoms with E-state index in [1.807, 2.05) is 78.9 Å². The van der Waals surface area contributed by atoms with Crippen LogP contribution in [0.2, 0.25) is 0 Å². The molecule has 0 radical (unpaired) electrons. The normalized spacial score (nSPS) is 22.6. The second-order valence-electron chi connectivity index (χ2n) is 6.57. The fourth-order valence-electron chi connectivity index (χ4n) is 3.47. The molecule has 3 nitrogen and oxygen atoms in total. The van der Waals surface area contributed by atoms with Crippen molar-refractivity contribution in [3.63, 3.8) is 0 Å². The number of hydrogen-bond donors (Lipinski definition) is 1. The van der Waals surface area contributed by atoms with Gasteiger partial charge in [0.2, 0.25) is 0 Å². The van der Waals surface area contributed by atoms with E-state index in [-0.39, 0.29) is 24.2 Å². The Kier molecular flexibility index (Phi) is 4.80. The molecule has 3 aromatic rings. The number of nitrogens with one attached hydrogen (secondary N) is 1. The summed E-state index contributed by atoms with van der Waals surface area (Å²) in [5.74, 6) is -0.199. The first kappa shape index (κ1) is 16.6. The highest BCUT2D eigenvalue weighted by Crippen LogP contribution is 2.36. The van der Waals surface area contributed by atoms with Crippen LogP contribution in [0.25, 0.3) is 0 Å². The smallest absolute Gasteiger partial charge is 0.324 e. The summed E-state index contributed by atoms with van der Waals surface area (Å²) >= 11 is 0. The van der Waals surface area contributed by atoms with Gasteiger partial charge in [0, 0.05) is 0 Å². The van der Waals surface area contributed by atoms with Crippen molar-refractivity contribution in [3.8, 4) is 0 Å². The van der Waals surface area contributed by atoms with Gasteiger partial charge in [0.05, 0.1) is 6.04 Å². The Morgan fingerprint density at radius 3 is 1.88 bits per heavy atom. The van der Waals surface area contributed by atoms with Gasteiger partial charge in [0.1, 0.15) is 12.1 Å². The number of morpholine rings is 1. The number of carbonyl (C=O) groups excluding carboxylic acids is 1. The molecule has 1 aliphatic heterocycles. The molecule has 0 unspecified atom stereocenters. The summed E-state index contributed by atoms with van der Waals surface area (Å²) in [6, 6.07) is 29.7. The van der Waals surface area contributed by atoms with E-state index in [4.69, 9.17) is 4.74 Å². The van der Waals surface area contributed by atoms with E-state index in [2.05, 4.69) is 17.4 Å². The minimum atomic E-state index is -0.359. The Balaban J connectivity index is 1.64. The van der Waals surface area contributed by atoms with Crippen molar-refractivity contribution in [3.05, 3.63) is 108 Å². The van der Waals surface area contributed by atoms with Crippen LogP contribution in [-0.2, 0) is 16.0 Å². The van der Waals surface area contributed by atoms with Crippen molar-refractivity contribution in [2.75, 3.05) is 0 Å². The Morgan fingerprint density at radius 1 is 0.731 bits per heavy atom. The minimum Gasteiger partial charge on any atom is -0.454 e. The maximum Gasteiger partial charge on any atom is 0.324 e. The molecule has 3 heteroatoms. The van der Waals surface area contributed by atoms with Crippen molar-refractivity contribution >= 4 is 5.97 Å². The van der Waals surface area contributed by atoms with Crippen LogP contribution in [0.4, 0.5) is 0 Å². The molecule has 3 aromatic carbocycles. The molecule has 4 rings (SSSR count). The fraction of sp³-hybridized carbons (Fsp3) is 0.174. The van der Waals surface area contributed by atoms with E-state index in [0.29, 0.717) is 6.42 Å². The number of rotatable bonds is 4. The van der Waals surface area contributed by atoms with Crippen LogP contribution >= 0.6 is 0 Å². The summed E-state index contributed by atoms with van der Waals surface area (Å²) in [5.41, 5.74) is 3.24. The van der Waals surface area contributed by atoms with Gasteiger partial charge in [-0.15, -0.1) is 0 Å². The summed E-state index contributed by atoms with van der Waals surface area (Å²) in [4.78, 5) is 12.7. The first-order valence-electron chi connectivity index (χ1n) is 8.91. The molecule has 0 spiro atoms. The molecule has 0 saturated carbocycles. The molecule has 130 valence electrons. The molecule has 3 atom stereocenters. The number of cyclic esters (lactones) is 1. The third-order valence-electron chi connectivity index (χ3n) is 4.78. The summed E-state index contributed by atoms with van der Waals surface area (Å²) in [6.07, 6.45) is 0.281.